The van der Waals surface area contributed by atoms with Crippen molar-refractivity contribution in [2.75, 3.05) is 32.2 Å². The molecule has 0 radical (unpaired) electrons. The molecule has 0 spiro atoms. The Morgan fingerprint density at radius 2 is 1.88 bits per heavy atom. The van der Waals surface area contributed by atoms with E-state index in [0.29, 0.717) is 5.82 Å². The highest BCUT2D eigenvalue weighted by atomic mass is 32.2. The number of halogens is 1. The average Bonchev–Trinajstić information content (AvgIpc) is 3.35. The summed E-state index contributed by atoms with van der Waals surface area (Å²) in [5, 5.41) is 7.44. The maximum absolute atomic E-state index is 13.0. The van der Waals surface area contributed by atoms with Gasteiger partial charge in [0.1, 0.15) is 11.9 Å². The second kappa shape index (κ2) is 10.6. The van der Waals surface area contributed by atoms with Gasteiger partial charge in [-0.15, -0.1) is 10.2 Å². The first-order valence-electron chi connectivity index (χ1n) is 10.3. The Morgan fingerprint density at radius 3 is 2.44 bits per heavy atom. The van der Waals surface area contributed by atoms with Gasteiger partial charge in [0.05, 0.1) is 43.0 Å². The number of hydrogen-bond acceptors (Lipinski definition) is 9. The Morgan fingerprint density at radius 1 is 1.22 bits per heavy atom. The minimum atomic E-state index is -3.90. The van der Waals surface area contributed by atoms with E-state index in [1.54, 1.807) is 18.8 Å². The fourth-order valence-corrected chi connectivity index (χ4v) is 4.53. The number of rotatable bonds is 11. The molecule has 1 aliphatic heterocycles. The topological polar surface area (TPSA) is 130 Å². The molecule has 1 aliphatic rings. The van der Waals surface area contributed by atoms with Crippen LogP contribution >= 0.6 is 0 Å². The molecule has 0 aliphatic carbocycles. The lowest BCUT2D eigenvalue weighted by Crippen LogP contribution is -2.31. The standard InChI is InChI=1S/C19H29FN6O5S/c1-12-5-6-16(31-12)18-23-24-19(26(18)15(10-29-3)11-30-4)25-32(27,28)13(2)7-17-21-8-14(20)9-22-17/h8-9,12-13,15-16H,5-7,10-11H2,1-4H3,(H,24,25)/t12-,13+,16-/m1/s1. The predicted molar refractivity (Wildman–Crippen MR) is 113 cm³/mol. The van der Waals surface area contributed by atoms with Crippen molar-refractivity contribution < 1.29 is 27.0 Å². The third-order valence-corrected chi connectivity index (χ3v) is 6.93. The van der Waals surface area contributed by atoms with E-state index >= 15 is 0 Å². The van der Waals surface area contributed by atoms with Crippen LogP contribution in [0.5, 0.6) is 0 Å². The molecule has 13 heteroatoms. The van der Waals surface area contributed by atoms with E-state index in [-0.39, 0.29) is 49.7 Å². The first kappa shape index (κ1) is 24.4. The Hall–Kier alpha value is -2.22. The molecule has 0 saturated carbocycles. The van der Waals surface area contributed by atoms with Crippen LogP contribution in [0.3, 0.4) is 0 Å². The minimum Gasteiger partial charge on any atom is -0.382 e. The monoisotopic (exact) mass is 472 g/mol. The van der Waals surface area contributed by atoms with Crippen LogP contribution in [0.15, 0.2) is 12.4 Å². The van der Waals surface area contributed by atoms with Crippen LogP contribution in [0.1, 0.15) is 50.5 Å². The molecule has 2 aromatic rings. The average molecular weight is 473 g/mol. The Balaban J connectivity index is 1.88. The van der Waals surface area contributed by atoms with Gasteiger partial charge in [-0.05, 0) is 26.7 Å². The number of hydrogen-bond donors (Lipinski definition) is 1. The van der Waals surface area contributed by atoms with E-state index in [1.165, 1.54) is 6.92 Å². The lowest BCUT2D eigenvalue weighted by atomic mass is 10.2. The van der Waals surface area contributed by atoms with E-state index < -0.39 is 21.1 Å². The first-order chi connectivity index (χ1) is 15.2. The maximum atomic E-state index is 13.0. The summed E-state index contributed by atoms with van der Waals surface area (Å²) in [6, 6.07) is -0.372. The highest BCUT2D eigenvalue weighted by Crippen LogP contribution is 2.34. The molecular weight excluding hydrogens is 443 g/mol. The highest BCUT2D eigenvalue weighted by Gasteiger charge is 2.33. The van der Waals surface area contributed by atoms with Crippen molar-refractivity contribution in [1.29, 1.82) is 0 Å². The van der Waals surface area contributed by atoms with Gasteiger partial charge < -0.3 is 14.2 Å². The minimum absolute atomic E-state index is 0.000566. The van der Waals surface area contributed by atoms with Crippen molar-refractivity contribution in [3.63, 3.8) is 0 Å². The smallest absolute Gasteiger partial charge is 0.238 e. The number of sulfonamides is 1. The summed E-state index contributed by atoms with van der Waals surface area (Å²) < 4.78 is 59.9. The molecule has 3 atom stereocenters. The van der Waals surface area contributed by atoms with E-state index in [1.807, 2.05) is 6.92 Å². The van der Waals surface area contributed by atoms with Gasteiger partial charge in [0, 0.05) is 20.6 Å². The van der Waals surface area contributed by atoms with Crippen molar-refractivity contribution in [1.82, 2.24) is 24.7 Å². The first-order valence-corrected chi connectivity index (χ1v) is 11.9. The number of anilines is 1. The molecule has 3 heterocycles. The summed E-state index contributed by atoms with van der Waals surface area (Å²) >= 11 is 0. The lowest BCUT2D eigenvalue weighted by Gasteiger charge is -2.23. The summed E-state index contributed by atoms with van der Waals surface area (Å²) in [5.74, 6) is 0.194. The number of nitrogens with one attached hydrogen (secondary N) is 1. The third-order valence-electron chi connectivity index (χ3n) is 5.23. The zero-order chi connectivity index (χ0) is 23.3. The van der Waals surface area contributed by atoms with Crippen molar-refractivity contribution in [3.05, 3.63) is 29.9 Å². The summed E-state index contributed by atoms with van der Waals surface area (Å²) in [7, 11) is -0.796. The summed E-state index contributed by atoms with van der Waals surface area (Å²) in [6.07, 6.45) is 3.38. The van der Waals surface area contributed by atoms with Gasteiger partial charge in [-0.25, -0.2) is 22.8 Å². The van der Waals surface area contributed by atoms with Gasteiger partial charge in [-0.3, -0.25) is 9.29 Å². The summed E-state index contributed by atoms with van der Waals surface area (Å²) in [5.41, 5.74) is 0. The molecule has 2 aromatic heterocycles. The molecule has 1 N–H and O–H groups in total. The normalized spacial score (nSPS) is 20.1. The molecule has 0 bridgehead atoms. The third kappa shape index (κ3) is 5.77. The van der Waals surface area contributed by atoms with Crippen LogP contribution < -0.4 is 4.72 Å². The SMILES string of the molecule is COCC(COC)n1c(NS(=O)(=O)[C@@H](C)Cc2ncc(F)cn2)nnc1[C@H]1CC[C@@H](C)O1. The molecule has 1 fully saturated rings. The number of ether oxygens (including phenoxy) is 3. The number of nitrogens with zero attached hydrogens (tertiary/aromatic N) is 5. The van der Waals surface area contributed by atoms with Crippen molar-refractivity contribution >= 4 is 16.0 Å². The van der Waals surface area contributed by atoms with Gasteiger partial charge in [-0.2, -0.15) is 0 Å². The van der Waals surface area contributed by atoms with Gasteiger partial charge in [0.2, 0.25) is 16.0 Å². The molecule has 0 unspecified atom stereocenters. The zero-order valence-electron chi connectivity index (χ0n) is 18.6. The second-order valence-corrected chi connectivity index (χ2v) is 9.91. The number of aromatic nitrogens is 5. The Bertz CT molecular complexity index is 981. The number of methoxy groups -OCH3 is 2. The van der Waals surface area contributed by atoms with Gasteiger partial charge in [-0.1, -0.05) is 0 Å². The van der Waals surface area contributed by atoms with Crippen LogP contribution in [0.2, 0.25) is 0 Å². The predicted octanol–water partition coefficient (Wildman–Crippen LogP) is 1.65. The van der Waals surface area contributed by atoms with Crippen LogP contribution in [-0.4, -0.2) is 71.9 Å². The van der Waals surface area contributed by atoms with E-state index in [2.05, 4.69) is 24.9 Å². The van der Waals surface area contributed by atoms with Gasteiger partial charge >= 0.3 is 0 Å². The van der Waals surface area contributed by atoms with Gasteiger partial charge in [0.25, 0.3) is 0 Å². The van der Waals surface area contributed by atoms with Crippen LogP contribution in [0.25, 0.3) is 0 Å². The van der Waals surface area contributed by atoms with Gasteiger partial charge in [0.15, 0.2) is 11.6 Å². The summed E-state index contributed by atoms with van der Waals surface area (Å²) in [4.78, 5) is 7.67. The summed E-state index contributed by atoms with van der Waals surface area (Å²) in [6.45, 7) is 4.01. The van der Waals surface area contributed by atoms with Crippen LogP contribution in [0, 0.1) is 5.82 Å². The Labute approximate surface area is 186 Å². The quantitative estimate of drug-likeness (QED) is 0.519. The molecule has 3 rings (SSSR count). The second-order valence-electron chi connectivity index (χ2n) is 7.81. The molecule has 0 aromatic carbocycles. The van der Waals surface area contributed by atoms with E-state index in [9.17, 15) is 12.8 Å². The fraction of sp³-hybridized carbons (Fsp3) is 0.684. The molecule has 0 amide bonds. The van der Waals surface area contributed by atoms with Crippen LogP contribution in [0.4, 0.5) is 10.3 Å². The Kier molecular flexibility index (Phi) is 8.09. The van der Waals surface area contributed by atoms with E-state index in [4.69, 9.17) is 14.2 Å². The molecule has 1 saturated heterocycles. The molecular formula is C19H29FN6O5S. The van der Waals surface area contributed by atoms with Crippen molar-refractivity contribution in [2.24, 2.45) is 0 Å². The van der Waals surface area contributed by atoms with Crippen molar-refractivity contribution in [3.8, 4) is 0 Å². The largest absolute Gasteiger partial charge is 0.382 e. The molecule has 32 heavy (non-hydrogen) atoms. The van der Waals surface area contributed by atoms with E-state index in [0.717, 1.165) is 25.2 Å². The lowest BCUT2D eigenvalue weighted by molar-refractivity contribution is 0.0406. The molecule has 178 valence electrons. The van der Waals surface area contributed by atoms with Crippen LogP contribution in [-0.2, 0) is 30.7 Å². The molecule has 11 nitrogen and oxygen atoms in total. The maximum Gasteiger partial charge on any atom is 0.238 e. The fourth-order valence-electron chi connectivity index (χ4n) is 3.57. The van der Waals surface area contributed by atoms with Crippen molar-refractivity contribution in [2.45, 2.75) is 56.6 Å². The highest BCUT2D eigenvalue weighted by molar-refractivity contribution is 7.93. The zero-order valence-corrected chi connectivity index (χ0v) is 19.4.